The van der Waals surface area contributed by atoms with Gasteiger partial charge in [-0.2, -0.15) is 0 Å². The molecule has 1 aliphatic rings. The molecule has 0 spiro atoms. The summed E-state index contributed by atoms with van der Waals surface area (Å²) in [7, 11) is 0. The van der Waals surface area contributed by atoms with Gasteiger partial charge in [0.05, 0.1) is 18.4 Å². The van der Waals surface area contributed by atoms with Crippen LogP contribution in [0.1, 0.15) is 30.4 Å². The Kier molecular flexibility index (Phi) is 4.50. The number of hydrogen-bond acceptors (Lipinski definition) is 3. The lowest BCUT2D eigenvalue weighted by Gasteiger charge is -2.12. The van der Waals surface area contributed by atoms with Gasteiger partial charge in [-0.3, -0.25) is 9.59 Å². The summed E-state index contributed by atoms with van der Waals surface area (Å²) in [4.78, 5) is 22.6. The minimum absolute atomic E-state index is 0.175. The molecular weight excluding hydrogens is 270 g/mol. The maximum absolute atomic E-state index is 11.7. The zero-order valence-electron chi connectivity index (χ0n) is 12.4. The summed E-state index contributed by atoms with van der Waals surface area (Å²) in [6, 6.07) is 5.80. The molecule has 5 nitrogen and oxygen atoms in total. The Hall–Kier alpha value is -2.04. The van der Waals surface area contributed by atoms with Crippen LogP contribution in [0.15, 0.2) is 18.2 Å². The highest BCUT2D eigenvalue weighted by Crippen LogP contribution is 2.45. The van der Waals surface area contributed by atoms with Crippen LogP contribution in [0.3, 0.4) is 0 Å². The molecule has 5 heteroatoms. The molecule has 0 aliphatic heterocycles. The average molecular weight is 291 g/mol. The van der Waals surface area contributed by atoms with E-state index in [1.807, 2.05) is 32.0 Å². The number of hydrogen-bond donors (Lipinski definition) is 2. The van der Waals surface area contributed by atoms with Crippen molar-refractivity contribution in [2.75, 3.05) is 13.2 Å². The van der Waals surface area contributed by atoms with Gasteiger partial charge in [0.2, 0.25) is 5.91 Å². The van der Waals surface area contributed by atoms with E-state index in [0.29, 0.717) is 12.8 Å². The van der Waals surface area contributed by atoms with E-state index in [1.54, 1.807) is 0 Å². The lowest BCUT2D eigenvalue weighted by atomic mass is 10.1. The molecule has 0 aromatic heterocycles. The van der Waals surface area contributed by atoms with Crippen molar-refractivity contribution in [3.05, 3.63) is 29.3 Å². The number of rotatable bonds is 7. The first-order valence-electron chi connectivity index (χ1n) is 7.13. The molecule has 1 fully saturated rings. The van der Waals surface area contributed by atoms with Gasteiger partial charge in [-0.05, 0) is 49.9 Å². The van der Waals surface area contributed by atoms with E-state index in [1.165, 1.54) is 5.56 Å². The Morgan fingerprint density at radius 3 is 2.57 bits per heavy atom. The zero-order valence-corrected chi connectivity index (χ0v) is 12.4. The number of carbonyl (C=O) groups excluding carboxylic acids is 1. The molecule has 21 heavy (non-hydrogen) atoms. The largest absolute Gasteiger partial charge is 0.493 e. The molecule has 2 N–H and O–H groups in total. The fourth-order valence-corrected chi connectivity index (χ4v) is 2.04. The summed E-state index contributed by atoms with van der Waals surface area (Å²) in [6.07, 6.45) is 1.51. The third-order valence-corrected chi connectivity index (χ3v) is 4.01. The fourth-order valence-electron chi connectivity index (χ4n) is 2.04. The number of carboxylic acid groups (broad SMARTS) is 1. The Balaban J connectivity index is 1.69. The van der Waals surface area contributed by atoms with Crippen molar-refractivity contribution in [2.24, 2.45) is 5.41 Å². The lowest BCUT2D eigenvalue weighted by molar-refractivity contribution is -0.143. The molecule has 1 aromatic rings. The first kappa shape index (κ1) is 15.4. The van der Waals surface area contributed by atoms with Crippen molar-refractivity contribution >= 4 is 11.9 Å². The second-order valence-electron chi connectivity index (χ2n) is 5.71. The molecule has 114 valence electrons. The number of amides is 1. The zero-order chi connectivity index (χ0) is 15.5. The molecule has 1 aromatic carbocycles. The van der Waals surface area contributed by atoms with Gasteiger partial charge < -0.3 is 15.2 Å². The minimum Gasteiger partial charge on any atom is -0.493 e. The van der Waals surface area contributed by atoms with Gasteiger partial charge >= 0.3 is 5.97 Å². The highest BCUT2D eigenvalue weighted by Gasteiger charge is 2.50. The van der Waals surface area contributed by atoms with Gasteiger partial charge in [0, 0.05) is 6.54 Å². The molecule has 0 atom stereocenters. The van der Waals surface area contributed by atoms with E-state index in [2.05, 4.69) is 5.32 Å². The van der Waals surface area contributed by atoms with Crippen LogP contribution < -0.4 is 10.1 Å². The maximum atomic E-state index is 11.7. The Bertz CT molecular complexity index is 549. The van der Waals surface area contributed by atoms with Crippen molar-refractivity contribution in [1.29, 1.82) is 0 Å². The summed E-state index contributed by atoms with van der Waals surface area (Å²) < 4.78 is 5.53. The maximum Gasteiger partial charge on any atom is 0.311 e. The predicted octanol–water partition coefficient (Wildman–Crippen LogP) is 2.05. The quantitative estimate of drug-likeness (QED) is 0.806. The summed E-state index contributed by atoms with van der Waals surface area (Å²) in [6.45, 7) is 4.54. The standard InChI is InChI=1S/C16H21NO4/c1-11-3-4-13(9-12(11)2)21-8-5-14(18)17-10-16(6-7-16)15(19)20/h3-4,9H,5-8,10H2,1-2H3,(H,17,18)(H,19,20). The van der Waals surface area contributed by atoms with Gasteiger partial charge in [0.1, 0.15) is 5.75 Å². The van der Waals surface area contributed by atoms with Crippen LogP contribution in [0.25, 0.3) is 0 Å². The van der Waals surface area contributed by atoms with Gasteiger partial charge in [-0.15, -0.1) is 0 Å². The molecule has 0 bridgehead atoms. The number of ether oxygens (including phenoxy) is 1. The van der Waals surface area contributed by atoms with Crippen molar-refractivity contribution in [3.63, 3.8) is 0 Å². The monoisotopic (exact) mass is 291 g/mol. The number of aliphatic carboxylic acids is 1. The van der Waals surface area contributed by atoms with Crippen LogP contribution in [0, 0.1) is 19.3 Å². The van der Waals surface area contributed by atoms with Gasteiger partial charge in [0.15, 0.2) is 0 Å². The third kappa shape index (κ3) is 3.97. The number of carboxylic acids is 1. The summed E-state index contributed by atoms with van der Waals surface area (Å²) >= 11 is 0. The molecule has 2 rings (SSSR count). The van der Waals surface area contributed by atoms with Crippen molar-refractivity contribution in [2.45, 2.75) is 33.1 Å². The second-order valence-corrected chi connectivity index (χ2v) is 5.71. The van der Waals surface area contributed by atoms with E-state index in [-0.39, 0.29) is 25.5 Å². The smallest absolute Gasteiger partial charge is 0.311 e. The number of nitrogens with one attached hydrogen (secondary N) is 1. The molecular formula is C16H21NO4. The molecule has 0 saturated heterocycles. The first-order valence-corrected chi connectivity index (χ1v) is 7.13. The Labute approximate surface area is 124 Å². The molecule has 0 heterocycles. The topological polar surface area (TPSA) is 75.6 Å². The van der Waals surface area contributed by atoms with Gasteiger partial charge in [-0.25, -0.2) is 0 Å². The Morgan fingerprint density at radius 2 is 2.00 bits per heavy atom. The van der Waals surface area contributed by atoms with Gasteiger partial charge in [0.25, 0.3) is 0 Å². The van der Waals surface area contributed by atoms with E-state index in [0.717, 1.165) is 11.3 Å². The molecule has 1 amide bonds. The van der Waals surface area contributed by atoms with Gasteiger partial charge in [-0.1, -0.05) is 6.07 Å². The lowest BCUT2D eigenvalue weighted by Crippen LogP contribution is -2.34. The third-order valence-electron chi connectivity index (χ3n) is 4.01. The summed E-state index contributed by atoms with van der Waals surface area (Å²) in [5.41, 5.74) is 1.63. The van der Waals surface area contributed by atoms with Crippen LogP contribution in [0.2, 0.25) is 0 Å². The van der Waals surface area contributed by atoms with Crippen molar-refractivity contribution in [1.82, 2.24) is 5.32 Å². The SMILES string of the molecule is Cc1ccc(OCCC(=O)NCC2(C(=O)O)CC2)cc1C. The first-order chi connectivity index (χ1) is 9.93. The van der Waals surface area contributed by atoms with Crippen LogP contribution in [0.4, 0.5) is 0 Å². The normalized spacial score (nSPS) is 15.3. The highest BCUT2D eigenvalue weighted by atomic mass is 16.5. The molecule has 1 aliphatic carbocycles. The second kappa shape index (κ2) is 6.16. The molecule has 1 saturated carbocycles. The van der Waals surface area contributed by atoms with Crippen LogP contribution in [-0.2, 0) is 9.59 Å². The van der Waals surface area contributed by atoms with Crippen molar-refractivity contribution < 1.29 is 19.4 Å². The summed E-state index contributed by atoms with van der Waals surface area (Å²) in [5, 5.41) is 11.7. The number of carbonyl (C=O) groups is 2. The minimum atomic E-state index is -0.825. The highest BCUT2D eigenvalue weighted by molar-refractivity contribution is 5.80. The molecule has 0 unspecified atom stereocenters. The number of aryl methyl sites for hydroxylation is 2. The molecule has 0 radical (unpaired) electrons. The fraction of sp³-hybridized carbons (Fsp3) is 0.500. The van der Waals surface area contributed by atoms with Crippen LogP contribution in [0.5, 0.6) is 5.75 Å². The number of benzene rings is 1. The Morgan fingerprint density at radius 1 is 1.29 bits per heavy atom. The summed E-state index contributed by atoms with van der Waals surface area (Å²) in [5.74, 6) is -0.254. The predicted molar refractivity (Wildman–Crippen MR) is 78.3 cm³/mol. The van der Waals surface area contributed by atoms with Crippen LogP contribution in [-0.4, -0.2) is 30.1 Å². The van der Waals surface area contributed by atoms with E-state index >= 15 is 0 Å². The van der Waals surface area contributed by atoms with Crippen LogP contribution >= 0.6 is 0 Å². The average Bonchev–Trinajstić information content (AvgIpc) is 3.22. The van der Waals surface area contributed by atoms with Crippen molar-refractivity contribution in [3.8, 4) is 5.75 Å². The van der Waals surface area contributed by atoms with E-state index in [4.69, 9.17) is 9.84 Å². The van der Waals surface area contributed by atoms with E-state index in [9.17, 15) is 9.59 Å². The van der Waals surface area contributed by atoms with E-state index < -0.39 is 11.4 Å².